The van der Waals surface area contributed by atoms with Crippen LogP contribution < -0.4 is 4.80 Å². The Morgan fingerprint density at radius 2 is 2.32 bits per heavy atom. The van der Waals surface area contributed by atoms with Crippen molar-refractivity contribution < 1.29 is 4.74 Å². The van der Waals surface area contributed by atoms with Gasteiger partial charge in [0.25, 0.3) is 0 Å². The lowest BCUT2D eigenvalue weighted by Gasteiger charge is -2.04. The van der Waals surface area contributed by atoms with Gasteiger partial charge in [-0.2, -0.15) is 5.10 Å². The molecule has 0 N–H and O–H groups in total. The summed E-state index contributed by atoms with van der Waals surface area (Å²) in [4.78, 5) is 11.0. The minimum atomic E-state index is 0.239. The highest BCUT2D eigenvalue weighted by Gasteiger charge is 2.15. The Morgan fingerprint density at radius 3 is 3.08 bits per heavy atom. The topological polar surface area (TPSA) is 51.8 Å². The van der Waals surface area contributed by atoms with Gasteiger partial charge in [-0.3, -0.25) is 9.98 Å². The Bertz CT molecular complexity index is 891. The molecule has 1 aliphatic rings. The first-order valence-corrected chi connectivity index (χ1v) is 9.97. The fourth-order valence-corrected chi connectivity index (χ4v) is 4.30. The van der Waals surface area contributed by atoms with E-state index < -0.39 is 0 Å². The number of thiazole rings is 1. The zero-order valence-corrected chi connectivity index (χ0v) is 15.2. The second kappa shape index (κ2) is 7.86. The predicted octanol–water partition coefficient (Wildman–Crippen LogP) is 3.64. The van der Waals surface area contributed by atoms with Crippen molar-refractivity contribution in [3.63, 3.8) is 0 Å². The van der Waals surface area contributed by atoms with Crippen LogP contribution in [0.3, 0.4) is 0 Å². The summed E-state index contributed by atoms with van der Waals surface area (Å²) in [5, 5.41) is 8.86. The minimum absolute atomic E-state index is 0.239. The molecule has 3 aromatic rings. The summed E-state index contributed by atoms with van der Waals surface area (Å²) in [6.45, 7) is 1.54. The standard InChI is InChI=1S/C18H18N4OS2/c1-4-14(10-19-7-1)11-21-22-16(17-6-3-9-24-17)13-25-18(22)20-12-15-5-2-8-23-15/h1,3-4,6-7,9-11,13,15H,2,5,8,12H2/b20-18?,21-11-/t15-/m0/s1. The Kier molecular flexibility index (Phi) is 5.15. The average molecular weight is 371 g/mol. The lowest BCUT2D eigenvalue weighted by Crippen LogP contribution is -2.17. The third kappa shape index (κ3) is 3.95. The molecule has 5 nitrogen and oxygen atoms in total. The van der Waals surface area contributed by atoms with Crippen molar-refractivity contribution in [2.24, 2.45) is 10.1 Å². The van der Waals surface area contributed by atoms with Crippen molar-refractivity contribution in [3.8, 4) is 10.6 Å². The average Bonchev–Trinajstić information content (AvgIpc) is 3.40. The van der Waals surface area contributed by atoms with Crippen LogP contribution in [0.5, 0.6) is 0 Å². The van der Waals surface area contributed by atoms with Crippen molar-refractivity contribution in [1.29, 1.82) is 0 Å². The molecular formula is C18H18N4OS2. The monoisotopic (exact) mass is 370 g/mol. The SMILES string of the molecule is C(=N/n1c(-c2cccs2)csc1=NC[C@@H]1CCCO1)/c1cccnc1. The lowest BCUT2D eigenvalue weighted by molar-refractivity contribution is 0.117. The van der Waals surface area contributed by atoms with E-state index in [4.69, 9.17) is 9.73 Å². The molecule has 4 rings (SSSR count). The van der Waals surface area contributed by atoms with Crippen molar-refractivity contribution in [2.45, 2.75) is 18.9 Å². The van der Waals surface area contributed by atoms with E-state index in [9.17, 15) is 0 Å². The second-order valence-electron chi connectivity index (χ2n) is 5.70. The van der Waals surface area contributed by atoms with Crippen LogP contribution in [-0.2, 0) is 4.74 Å². The van der Waals surface area contributed by atoms with Gasteiger partial charge in [-0.25, -0.2) is 4.68 Å². The van der Waals surface area contributed by atoms with Gasteiger partial charge in [0.2, 0.25) is 4.80 Å². The number of pyridine rings is 1. The van der Waals surface area contributed by atoms with Crippen molar-refractivity contribution in [2.75, 3.05) is 13.2 Å². The van der Waals surface area contributed by atoms with Crippen LogP contribution in [0.15, 0.2) is 57.5 Å². The molecule has 0 amide bonds. The van der Waals surface area contributed by atoms with Crippen LogP contribution >= 0.6 is 22.7 Å². The Balaban J connectivity index is 1.69. The van der Waals surface area contributed by atoms with Gasteiger partial charge in [-0.1, -0.05) is 12.1 Å². The zero-order valence-electron chi connectivity index (χ0n) is 13.6. The fourth-order valence-electron chi connectivity index (χ4n) is 2.66. The summed E-state index contributed by atoms with van der Waals surface area (Å²) < 4.78 is 7.59. The zero-order chi connectivity index (χ0) is 16.9. The molecule has 0 unspecified atom stereocenters. The molecule has 25 heavy (non-hydrogen) atoms. The van der Waals surface area contributed by atoms with Gasteiger partial charge < -0.3 is 4.74 Å². The largest absolute Gasteiger partial charge is 0.376 e. The molecule has 0 saturated carbocycles. The first kappa shape index (κ1) is 16.4. The fraction of sp³-hybridized carbons (Fsp3) is 0.278. The van der Waals surface area contributed by atoms with E-state index in [1.165, 1.54) is 4.88 Å². The highest BCUT2D eigenvalue weighted by Crippen LogP contribution is 2.25. The lowest BCUT2D eigenvalue weighted by atomic mass is 10.2. The van der Waals surface area contributed by atoms with Gasteiger partial charge in [0, 0.05) is 29.9 Å². The van der Waals surface area contributed by atoms with E-state index in [1.807, 2.05) is 23.0 Å². The highest BCUT2D eigenvalue weighted by atomic mass is 32.1. The molecule has 0 aromatic carbocycles. The van der Waals surface area contributed by atoms with Crippen molar-refractivity contribution >= 4 is 28.9 Å². The number of ether oxygens (including phenoxy) is 1. The van der Waals surface area contributed by atoms with Gasteiger partial charge in [0.15, 0.2) is 0 Å². The van der Waals surface area contributed by atoms with Gasteiger partial charge >= 0.3 is 0 Å². The maximum Gasteiger partial charge on any atom is 0.206 e. The molecule has 0 aliphatic carbocycles. The van der Waals surface area contributed by atoms with Crippen LogP contribution in [0.4, 0.5) is 0 Å². The summed E-state index contributed by atoms with van der Waals surface area (Å²) in [5.41, 5.74) is 2.02. The van der Waals surface area contributed by atoms with Crippen LogP contribution in [0, 0.1) is 0 Å². The van der Waals surface area contributed by atoms with Crippen molar-refractivity contribution in [3.05, 3.63) is 57.8 Å². The quantitative estimate of drug-likeness (QED) is 0.644. The van der Waals surface area contributed by atoms with Gasteiger partial charge in [0.1, 0.15) is 0 Å². The van der Waals surface area contributed by atoms with E-state index in [2.05, 4.69) is 33.0 Å². The molecule has 128 valence electrons. The van der Waals surface area contributed by atoms with Crippen LogP contribution in [0.1, 0.15) is 18.4 Å². The number of hydrogen-bond acceptors (Lipinski definition) is 6. The maximum atomic E-state index is 5.68. The molecule has 7 heteroatoms. The normalized spacial score (nSPS) is 18.4. The first-order chi connectivity index (χ1) is 12.4. The number of hydrogen-bond donors (Lipinski definition) is 0. The summed E-state index contributed by atoms with van der Waals surface area (Å²) in [5.74, 6) is 0. The Hall–Kier alpha value is -2.09. The molecular weight excluding hydrogens is 352 g/mol. The van der Waals surface area contributed by atoms with Gasteiger partial charge in [-0.15, -0.1) is 22.7 Å². The van der Waals surface area contributed by atoms with E-state index in [-0.39, 0.29) is 6.10 Å². The molecule has 0 spiro atoms. The molecule has 4 heterocycles. The van der Waals surface area contributed by atoms with Gasteiger partial charge in [0.05, 0.1) is 29.4 Å². The number of thiophene rings is 1. The van der Waals surface area contributed by atoms with Crippen LogP contribution in [-0.4, -0.2) is 35.1 Å². The third-order valence-electron chi connectivity index (χ3n) is 3.92. The summed E-state index contributed by atoms with van der Waals surface area (Å²) in [7, 11) is 0. The van der Waals surface area contributed by atoms with Crippen LogP contribution in [0.2, 0.25) is 0 Å². The van der Waals surface area contributed by atoms with Crippen molar-refractivity contribution in [1.82, 2.24) is 9.66 Å². The smallest absolute Gasteiger partial charge is 0.206 e. The number of aromatic nitrogens is 2. The molecule has 1 aliphatic heterocycles. The minimum Gasteiger partial charge on any atom is -0.376 e. The highest BCUT2D eigenvalue weighted by molar-refractivity contribution is 7.14. The second-order valence-corrected chi connectivity index (χ2v) is 7.48. The molecule has 1 saturated heterocycles. The molecule has 1 fully saturated rings. The van der Waals surface area contributed by atoms with E-state index >= 15 is 0 Å². The van der Waals surface area contributed by atoms with E-state index in [0.717, 1.165) is 35.5 Å². The third-order valence-corrected chi connectivity index (χ3v) is 5.67. The number of rotatable bonds is 5. The molecule has 3 aromatic heterocycles. The van der Waals surface area contributed by atoms with E-state index in [0.29, 0.717) is 6.54 Å². The molecule has 1 atom stereocenters. The summed E-state index contributed by atoms with van der Waals surface area (Å²) in [6.07, 6.45) is 7.83. The summed E-state index contributed by atoms with van der Waals surface area (Å²) >= 11 is 3.31. The molecule has 0 bridgehead atoms. The van der Waals surface area contributed by atoms with Crippen LogP contribution in [0.25, 0.3) is 10.6 Å². The summed E-state index contributed by atoms with van der Waals surface area (Å²) in [6, 6.07) is 8.04. The Labute approximate surface area is 154 Å². The van der Waals surface area contributed by atoms with Gasteiger partial charge in [-0.05, 0) is 30.4 Å². The van der Waals surface area contributed by atoms with E-state index in [1.54, 1.807) is 35.1 Å². The maximum absolute atomic E-state index is 5.68. The molecule has 0 radical (unpaired) electrons. The predicted molar refractivity (Wildman–Crippen MR) is 102 cm³/mol. The number of nitrogens with zero attached hydrogens (tertiary/aromatic N) is 4. The first-order valence-electron chi connectivity index (χ1n) is 8.21. The Morgan fingerprint density at radius 1 is 1.32 bits per heavy atom.